The number of nitrogens with zero attached hydrogens (tertiary/aromatic N) is 2. The molecule has 0 unspecified atom stereocenters. The van der Waals surface area contributed by atoms with Crippen LogP contribution in [-0.2, 0) is 20.9 Å². The van der Waals surface area contributed by atoms with Crippen LogP contribution in [0.5, 0.6) is 5.75 Å². The van der Waals surface area contributed by atoms with Crippen molar-refractivity contribution in [1.29, 1.82) is 0 Å². The minimum absolute atomic E-state index is 0.0643. The SMILES string of the molecule is O=C(Cn1c2c(sc1=O)[C@@H](c1ccc(Br)cc1)[C@@H]1C(=O)N(c3ccc(Cl)cc3)C(=O)[C@@H]1S2)Nc1ccc(O)cc1. The number of thioether (sulfide) groups is 1. The van der Waals surface area contributed by atoms with E-state index in [-0.39, 0.29) is 29.0 Å². The van der Waals surface area contributed by atoms with Gasteiger partial charge in [-0.05, 0) is 66.2 Å². The van der Waals surface area contributed by atoms with Gasteiger partial charge in [-0.25, -0.2) is 4.90 Å². The van der Waals surface area contributed by atoms with Gasteiger partial charge in [-0.15, -0.1) is 0 Å². The number of hydrogen-bond donors (Lipinski definition) is 2. The Bertz CT molecular complexity index is 1700. The van der Waals surface area contributed by atoms with E-state index in [0.29, 0.717) is 26.3 Å². The van der Waals surface area contributed by atoms with E-state index in [2.05, 4.69) is 21.2 Å². The van der Waals surface area contributed by atoms with Crippen molar-refractivity contribution in [2.75, 3.05) is 10.2 Å². The molecule has 0 spiro atoms. The van der Waals surface area contributed by atoms with Gasteiger partial charge in [-0.2, -0.15) is 0 Å². The summed E-state index contributed by atoms with van der Waals surface area (Å²) in [7, 11) is 0. The van der Waals surface area contributed by atoms with E-state index in [1.807, 2.05) is 24.3 Å². The van der Waals surface area contributed by atoms with E-state index in [1.165, 1.54) is 21.6 Å². The molecule has 1 fully saturated rings. The van der Waals surface area contributed by atoms with Crippen molar-refractivity contribution in [3.63, 3.8) is 0 Å². The molecule has 0 radical (unpaired) electrons. The maximum atomic E-state index is 13.9. The Morgan fingerprint density at radius 1 is 0.950 bits per heavy atom. The quantitative estimate of drug-likeness (QED) is 0.218. The summed E-state index contributed by atoms with van der Waals surface area (Å²) in [5, 5.41) is 12.4. The van der Waals surface area contributed by atoms with E-state index in [4.69, 9.17) is 11.6 Å². The highest BCUT2D eigenvalue weighted by Gasteiger charge is 2.56. The average Bonchev–Trinajstić information content (AvgIpc) is 3.37. The van der Waals surface area contributed by atoms with Gasteiger partial charge in [-0.1, -0.05) is 62.8 Å². The smallest absolute Gasteiger partial charge is 0.308 e. The first-order valence-electron chi connectivity index (χ1n) is 12.1. The minimum atomic E-state index is -0.787. The van der Waals surface area contributed by atoms with Crippen molar-refractivity contribution in [1.82, 2.24) is 4.57 Å². The number of fused-ring (bicyclic) bond motifs is 2. The molecule has 3 aromatic carbocycles. The molecule has 3 atom stereocenters. The summed E-state index contributed by atoms with van der Waals surface area (Å²) in [5.74, 6) is -2.39. The third kappa shape index (κ3) is 4.77. The Morgan fingerprint density at radius 2 is 1.62 bits per heavy atom. The molecule has 12 heteroatoms. The number of rotatable bonds is 5. The number of anilines is 2. The molecule has 1 aromatic heterocycles. The first-order chi connectivity index (χ1) is 19.2. The number of amides is 3. The van der Waals surface area contributed by atoms with Crippen molar-refractivity contribution in [2.45, 2.75) is 22.7 Å². The molecule has 0 aliphatic carbocycles. The third-order valence-electron chi connectivity index (χ3n) is 6.82. The summed E-state index contributed by atoms with van der Waals surface area (Å²) in [6.07, 6.45) is 0. The molecule has 0 bridgehead atoms. The van der Waals surface area contributed by atoms with E-state index in [9.17, 15) is 24.3 Å². The van der Waals surface area contributed by atoms with Crippen molar-refractivity contribution in [3.05, 3.63) is 102 Å². The maximum absolute atomic E-state index is 13.9. The van der Waals surface area contributed by atoms with Crippen LogP contribution in [0.3, 0.4) is 0 Å². The standard InChI is InChI=1S/C28H19BrClN3O5S2/c29-15-3-1-14(2-4-15)21-22-23(26(37)33(25(22)36)18-9-5-16(30)6-10-18)39-27-24(21)40-28(38)32(27)13-20(35)31-17-7-11-19(34)12-8-17/h1-12,21-23,34H,13H2,(H,31,35)/t21-,22-,23+/m0/s1. The lowest BCUT2D eigenvalue weighted by Gasteiger charge is -2.30. The molecule has 1 saturated heterocycles. The zero-order valence-electron chi connectivity index (χ0n) is 20.4. The van der Waals surface area contributed by atoms with E-state index >= 15 is 0 Å². The van der Waals surface area contributed by atoms with Gasteiger partial charge in [0, 0.05) is 26.0 Å². The number of halogens is 2. The van der Waals surface area contributed by atoms with E-state index in [0.717, 1.165) is 33.1 Å². The van der Waals surface area contributed by atoms with Crippen molar-refractivity contribution in [2.24, 2.45) is 5.92 Å². The summed E-state index contributed by atoms with van der Waals surface area (Å²) < 4.78 is 2.22. The predicted octanol–water partition coefficient (Wildman–Crippen LogP) is 5.47. The Hall–Kier alpha value is -3.38. The minimum Gasteiger partial charge on any atom is -0.508 e. The number of aromatic nitrogens is 1. The van der Waals surface area contributed by atoms with Gasteiger partial charge < -0.3 is 10.4 Å². The molecule has 2 aliphatic heterocycles. The van der Waals surface area contributed by atoms with Gasteiger partial charge in [0.2, 0.25) is 17.7 Å². The number of imide groups is 1. The molecule has 6 rings (SSSR count). The fourth-order valence-electron chi connectivity index (χ4n) is 5.02. The second-order valence-electron chi connectivity index (χ2n) is 9.30. The number of hydrogen-bond acceptors (Lipinski definition) is 7. The van der Waals surface area contributed by atoms with Crippen molar-refractivity contribution in [3.8, 4) is 5.75 Å². The Labute approximate surface area is 249 Å². The average molecular weight is 657 g/mol. The molecule has 202 valence electrons. The van der Waals surface area contributed by atoms with Gasteiger partial charge in [-0.3, -0.25) is 23.7 Å². The lowest BCUT2D eigenvalue weighted by atomic mass is 9.83. The summed E-state index contributed by atoms with van der Waals surface area (Å²) in [6, 6.07) is 20.0. The topological polar surface area (TPSA) is 109 Å². The highest BCUT2D eigenvalue weighted by molar-refractivity contribution is 9.10. The highest BCUT2D eigenvalue weighted by Crippen LogP contribution is 2.54. The highest BCUT2D eigenvalue weighted by atomic mass is 79.9. The molecule has 0 saturated carbocycles. The van der Waals surface area contributed by atoms with Gasteiger partial charge in [0.15, 0.2) is 0 Å². The molecule has 3 amide bonds. The molecule has 3 heterocycles. The van der Waals surface area contributed by atoms with E-state index in [1.54, 1.807) is 36.4 Å². The van der Waals surface area contributed by atoms with Crippen LogP contribution in [0.4, 0.5) is 11.4 Å². The van der Waals surface area contributed by atoms with Gasteiger partial charge >= 0.3 is 4.87 Å². The summed E-state index contributed by atoms with van der Waals surface area (Å²) in [6.45, 7) is -0.272. The Kier molecular flexibility index (Phi) is 7.07. The second-order valence-corrected chi connectivity index (χ2v) is 12.8. The number of carbonyl (C=O) groups excluding carboxylic acids is 3. The fourth-order valence-corrected chi connectivity index (χ4v) is 8.18. The number of nitrogens with one attached hydrogen (secondary N) is 1. The Balaban J connectivity index is 1.40. The maximum Gasteiger partial charge on any atom is 0.308 e. The Morgan fingerprint density at radius 3 is 2.30 bits per heavy atom. The van der Waals surface area contributed by atoms with Gasteiger partial charge in [0.05, 0.1) is 16.6 Å². The molecule has 8 nitrogen and oxygen atoms in total. The van der Waals surface area contributed by atoms with E-state index < -0.39 is 23.0 Å². The number of phenols is 1. The van der Waals surface area contributed by atoms with Crippen LogP contribution < -0.4 is 15.1 Å². The zero-order chi connectivity index (χ0) is 28.1. The molecule has 4 aromatic rings. The number of carbonyl (C=O) groups is 3. The molecule has 2 aliphatic rings. The largest absolute Gasteiger partial charge is 0.508 e. The fraction of sp³-hybridized carbons (Fsp3) is 0.143. The normalized spacial score (nSPS) is 19.9. The first-order valence-corrected chi connectivity index (χ1v) is 15.0. The zero-order valence-corrected chi connectivity index (χ0v) is 24.4. The van der Waals surface area contributed by atoms with Gasteiger partial charge in [0.1, 0.15) is 17.5 Å². The molecule has 40 heavy (non-hydrogen) atoms. The molecular formula is C28H19BrClN3O5S2. The van der Waals surface area contributed by atoms with Crippen molar-refractivity contribution < 1.29 is 19.5 Å². The lowest BCUT2D eigenvalue weighted by molar-refractivity contribution is -0.122. The van der Waals surface area contributed by atoms with Crippen LogP contribution >= 0.6 is 50.6 Å². The molecule has 2 N–H and O–H groups in total. The van der Waals surface area contributed by atoms with Crippen LogP contribution in [0.25, 0.3) is 0 Å². The van der Waals surface area contributed by atoms with Crippen LogP contribution in [0, 0.1) is 5.92 Å². The first kappa shape index (κ1) is 26.8. The van der Waals surface area contributed by atoms with Crippen molar-refractivity contribution >= 4 is 79.7 Å². The van der Waals surface area contributed by atoms with Gasteiger partial charge in [0.25, 0.3) is 0 Å². The number of phenolic OH excluding ortho intramolecular Hbond substituents is 1. The number of benzene rings is 3. The second kappa shape index (κ2) is 10.5. The molecular weight excluding hydrogens is 638 g/mol. The lowest BCUT2D eigenvalue weighted by Crippen LogP contribution is -2.33. The summed E-state index contributed by atoms with van der Waals surface area (Å²) in [4.78, 5) is 55.3. The summed E-state index contributed by atoms with van der Waals surface area (Å²) in [5.41, 5.74) is 1.69. The third-order valence-corrected chi connectivity index (χ3v) is 10.2. The predicted molar refractivity (Wildman–Crippen MR) is 158 cm³/mol. The summed E-state index contributed by atoms with van der Waals surface area (Å²) >= 11 is 11.6. The monoisotopic (exact) mass is 655 g/mol. The number of thiazole rings is 1. The van der Waals surface area contributed by atoms with Crippen LogP contribution in [0.2, 0.25) is 5.02 Å². The van der Waals surface area contributed by atoms with Crippen LogP contribution in [0.15, 0.2) is 87.1 Å². The van der Waals surface area contributed by atoms with Crippen LogP contribution in [-0.4, -0.2) is 32.6 Å². The number of aromatic hydroxyl groups is 1. The van der Waals surface area contributed by atoms with Crippen LogP contribution in [0.1, 0.15) is 16.4 Å².